The highest BCUT2D eigenvalue weighted by molar-refractivity contribution is 9.10. The summed E-state index contributed by atoms with van der Waals surface area (Å²) in [6, 6.07) is 16.1. The van der Waals surface area contributed by atoms with Crippen molar-refractivity contribution in [2.75, 3.05) is 7.11 Å². The Bertz CT molecular complexity index is 566. The van der Waals surface area contributed by atoms with Crippen molar-refractivity contribution >= 4 is 15.9 Å². The summed E-state index contributed by atoms with van der Waals surface area (Å²) in [6.07, 6.45) is 0.757. The Balaban J connectivity index is 2.32. The zero-order valence-electron chi connectivity index (χ0n) is 11.2. The molecule has 2 aromatic carbocycles. The number of halogens is 1. The van der Waals surface area contributed by atoms with Crippen molar-refractivity contribution in [2.24, 2.45) is 5.73 Å². The van der Waals surface area contributed by atoms with Crippen LogP contribution >= 0.6 is 15.9 Å². The van der Waals surface area contributed by atoms with E-state index in [0.29, 0.717) is 0 Å². The molecule has 0 heterocycles. The van der Waals surface area contributed by atoms with Gasteiger partial charge in [-0.05, 0) is 37.1 Å². The number of benzene rings is 2. The highest BCUT2D eigenvalue weighted by atomic mass is 79.9. The van der Waals surface area contributed by atoms with E-state index in [1.165, 1.54) is 5.56 Å². The molecule has 0 aromatic heterocycles. The van der Waals surface area contributed by atoms with Gasteiger partial charge >= 0.3 is 0 Å². The molecule has 0 amide bonds. The van der Waals surface area contributed by atoms with E-state index in [1.807, 2.05) is 43.3 Å². The topological polar surface area (TPSA) is 35.2 Å². The molecule has 0 aliphatic carbocycles. The standard InChI is InChI=1S/C16H18BrNO/c1-16(18,11-12-6-5-7-13(17)10-12)14-8-3-4-9-15(14)19-2/h3-10H,11,18H2,1-2H3. The first-order valence-corrected chi connectivity index (χ1v) is 6.99. The van der Waals surface area contributed by atoms with Crippen LogP contribution in [0.4, 0.5) is 0 Å². The molecule has 0 saturated heterocycles. The van der Waals surface area contributed by atoms with Crippen LogP contribution < -0.4 is 10.5 Å². The number of hydrogen-bond acceptors (Lipinski definition) is 2. The maximum absolute atomic E-state index is 6.50. The second kappa shape index (κ2) is 5.76. The molecule has 0 radical (unpaired) electrons. The summed E-state index contributed by atoms with van der Waals surface area (Å²) >= 11 is 3.49. The number of nitrogens with two attached hydrogens (primary N) is 1. The zero-order chi connectivity index (χ0) is 13.9. The van der Waals surface area contributed by atoms with E-state index in [9.17, 15) is 0 Å². The molecule has 0 aliphatic heterocycles. The number of ether oxygens (including phenoxy) is 1. The molecule has 0 fully saturated rings. The van der Waals surface area contributed by atoms with Crippen LogP contribution in [0.1, 0.15) is 18.1 Å². The third-order valence-corrected chi connectivity index (χ3v) is 3.68. The van der Waals surface area contributed by atoms with Gasteiger partial charge in [0.05, 0.1) is 7.11 Å². The second-order valence-corrected chi connectivity index (χ2v) is 5.84. The molecule has 2 N–H and O–H groups in total. The molecular weight excluding hydrogens is 302 g/mol. The highest BCUT2D eigenvalue weighted by Gasteiger charge is 2.25. The average molecular weight is 320 g/mol. The van der Waals surface area contributed by atoms with Crippen molar-refractivity contribution in [3.63, 3.8) is 0 Å². The first-order valence-electron chi connectivity index (χ1n) is 6.20. The normalized spacial score (nSPS) is 13.9. The van der Waals surface area contributed by atoms with Crippen LogP contribution in [0.25, 0.3) is 0 Å². The summed E-state index contributed by atoms with van der Waals surface area (Å²) in [5, 5.41) is 0. The maximum atomic E-state index is 6.50. The third-order valence-electron chi connectivity index (χ3n) is 3.18. The highest BCUT2D eigenvalue weighted by Crippen LogP contribution is 2.30. The SMILES string of the molecule is COc1ccccc1C(C)(N)Cc1cccc(Br)c1. The first-order chi connectivity index (χ1) is 9.03. The zero-order valence-corrected chi connectivity index (χ0v) is 12.8. The summed E-state index contributed by atoms with van der Waals surface area (Å²) in [4.78, 5) is 0. The summed E-state index contributed by atoms with van der Waals surface area (Å²) in [7, 11) is 1.67. The average Bonchev–Trinajstić information content (AvgIpc) is 2.38. The smallest absolute Gasteiger partial charge is 0.123 e. The van der Waals surface area contributed by atoms with Crippen LogP contribution in [0.2, 0.25) is 0 Å². The molecular formula is C16H18BrNO. The van der Waals surface area contributed by atoms with Crippen LogP contribution in [0, 0.1) is 0 Å². The minimum Gasteiger partial charge on any atom is -0.496 e. The Labute approximate surface area is 122 Å². The van der Waals surface area contributed by atoms with E-state index in [0.717, 1.165) is 22.2 Å². The van der Waals surface area contributed by atoms with Crippen LogP contribution in [-0.2, 0) is 12.0 Å². The number of methoxy groups -OCH3 is 1. The van der Waals surface area contributed by atoms with Gasteiger partial charge in [-0.3, -0.25) is 0 Å². The van der Waals surface area contributed by atoms with Gasteiger partial charge in [0.15, 0.2) is 0 Å². The molecule has 19 heavy (non-hydrogen) atoms. The van der Waals surface area contributed by atoms with E-state index in [1.54, 1.807) is 7.11 Å². The van der Waals surface area contributed by atoms with Gasteiger partial charge in [-0.15, -0.1) is 0 Å². The van der Waals surface area contributed by atoms with Crippen molar-refractivity contribution in [1.29, 1.82) is 0 Å². The van der Waals surface area contributed by atoms with E-state index in [4.69, 9.17) is 10.5 Å². The first kappa shape index (κ1) is 14.1. The quantitative estimate of drug-likeness (QED) is 0.928. The van der Waals surface area contributed by atoms with Crippen LogP contribution in [0.5, 0.6) is 5.75 Å². The molecule has 2 aromatic rings. The summed E-state index contributed by atoms with van der Waals surface area (Å²) in [6.45, 7) is 2.03. The lowest BCUT2D eigenvalue weighted by atomic mass is 9.86. The lowest BCUT2D eigenvalue weighted by molar-refractivity contribution is 0.386. The molecule has 1 unspecified atom stereocenters. The third kappa shape index (κ3) is 3.37. The van der Waals surface area contributed by atoms with Gasteiger partial charge in [-0.2, -0.15) is 0 Å². The molecule has 0 spiro atoms. The van der Waals surface area contributed by atoms with Crippen molar-refractivity contribution in [3.8, 4) is 5.75 Å². The van der Waals surface area contributed by atoms with E-state index >= 15 is 0 Å². The minimum absolute atomic E-state index is 0.465. The Hall–Kier alpha value is -1.32. The summed E-state index contributed by atoms with van der Waals surface area (Å²) < 4.78 is 6.47. The van der Waals surface area contributed by atoms with Crippen molar-refractivity contribution in [1.82, 2.24) is 0 Å². The van der Waals surface area contributed by atoms with Gasteiger partial charge in [0.2, 0.25) is 0 Å². The van der Waals surface area contributed by atoms with Gasteiger partial charge in [-0.1, -0.05) is 46.3 Å². The number of rotatable bonds is 4. The van der Waals surface area contributed by atoms with E-state index in [-0.39, 0.29) is 0 Å². The van der Waals surface area contributed by atoms with Crippen LogP contribution in [-0.4, -0.2) is 7.11 Å². The molecule has 3 heteroatoms. The van der Waals surface area contributed by atoms with Gasteiger partial charge in [0.25, 0.3) is 0 Å². The van der Waals surface area contributed by atoms with Crippen LogP contribution in [0.15, 0.2) is 53.0 Å². The molecule has 1 atom stereocenters. The van der Waals surface area contributed by atoms with Crippen molar-refractivity contribution in [2.45, 2.75) is 18.9 Å². The molecule has 2 rings (SSSR count). The fourth-order valence-electron chi connectivity index (χ4n) is 2.28. The Morgan fingerprint density at radius 3 is 2.58 bits per heavy atom. The van der Waals surface area contributed by atoms with Crippen LogP contribution in [0.3, 0.4) is 0 Å². The van der Waals surface area contributed by atoms with Crippen molar-refractivity contribution in [3.05, 3.63) is 64.1 Å². The lowest BCUT2D eigenvalue weighted by Gasteiger charge is -2.27. The summed E-state index contributed by atoms with van der Waals surface area (Å²) in [5.74, 6) is 0.836. The Morgan fingerprint density at radius 2 is 1.89 bits per heavy atom. The van der Waals surface area contributed by atoms with Crippen molar-refractivity contribution < 1.29 is 4.74 Å². The molecule has 2 nitrogen and oxygen atoms in total. The predicted molar refractivity (Wildman–Crippen MR) is 82.4 cm³/mol. The number of para-hydroxylation sites is 1. The van der Waals surface area contributed by atoms with Gasteiger partial charge in [0.1, 0.15) is 5.75 Å². The molecule has 100 valence electrons. The summed E-state index contributed by atoms with van der Waals surface area (Å²) in [5.41, 5.74) is 8.26. The van der Waals surface area contributed by atoms with Gasteiger partial charge < -0.3 is 10.5 Å². The maximum Gasteiger partial charge on any atom is 0.123 e. The molecule has 0 saturated carbocycles. The minimum atomic E-state index is -0.465. The Kier molecular flexibility index (Phi) is 4.27. The second-order valence-electron chi connectivity index (χ2n) is 4.92. The van der Waals surface area contributed by atoms with E-state index < -0.39 is 5.54 Å². The fraction of sp³-hybridized carbons (Fsp3) is 0.250. The van der Waals surface area contributed by atoms with Gasteiger partial charge in [-0.25, -0.2) is 0 Å². The fourth-order valence-corrected chi connectivity index (χ4v) is 2.73. The van der Waals surface area contributed by atoms with E-state index in [2.05, 4.69) is 28.1 Å². The largest absolute Gasteiger partial charge is 0.496 e. The monoisotopic (exact) mass is 319 g/mol. The Morgan fingerprint density at radius 1 is 1.16 bits per heavy atom. The molecule has 0 aliphatic rings. The number of hydrogen-bond donors (Lipinski definition) is 1. The van der Waals surface area contributed by atoms with Gasteiger partial charge in [0, 0.05) is 15.6 Å². The molecule has 0 bridgehead atoms. The predicted octanol–water partition coefficient (Wildman–Crippen LogP) is 3.87. The lowest BCUT2D eigenvalue weighted by Crippen LogP contribution is -2.35.